The number of nitrogens with one attached hydrogen (secondary N) is 1. The van der Waals surface area contributed by atoms with Crippen molar-refractivity contribution < 1.29 is 9.31 Å². The van der Waals surface area contributed by atoms with E-state index in [1.54, 1.807) is 18.2 Å². The van der Waals surface area contributed by atoms with Gasteiger partial charge in [0, 0.05) is 12.0 Å². The van der Waals surface area contributed by atoms with Crippen LogP contribution in [0.3, 0.4) is 0 Å². The topological polar surface area (TPSA) is 55.2 Å². The Morgan fingerprint density at radius 1 is 1.17 bits per heavy atom. The molecule has 1 aliphatic carbocycles. The molecule has 0 aromatic heterocycles. The average molecular weight is 310 g/mol. The second-order valence-electron chi connectivity index (χ2n) is 6.03. The second kappa shape index (κ2) is 5.19. The highest BCUT2D eigenvalue weighted by Gasteiger charge is 2.40. The van der Waals surface area contributed by atoms with Crippen molar-refractivity contribution in [1.29, 1.82) is 0 Å². The number of hydrogen-bond acceptors (Lipinski definition) is 3. The highest BCUT2D eigenvalue weighted by molar-refractivity contribution is 5.71. The largest absolute Gasteiger partial charge is 0.372 e. The lowest BCUT2D eigenvalue weighted by Gasteiger charge is -2.37. The third kappa shape index (κ3) is 2.20. The summed E-state index contributed by atoms with van der Waals surface area (Å²) in [6, 6.07) is 11.5. The third-order valence-electron chi connectivity index (χ3n) is 4.80. The van der Waals surface area contributed by atoms with Crippen molar-refractivity contribution in [3.63, 3.8) is 0 Å². The molecule has 0 saturated carbocycles. The molecule has 23 heavy (non-hydrogen) atoms. The average Bonchev–Trinajstić information content (AvgIpc) is 3.04. The molecule has 0 unspecified atom stereocenters. The summed E-state index contributed by atoms with van der Waals surface area (Å²) < 4.78 is 13.2. The van der Waals surface area contributed by atoms with Gasteiger partial charge in [0.2, 0.25) is 0 Å². The summed E-state index contributed by atoms with van der Waals surface area (Å²) in [5, 5.41) is 14.7. The molecule has 2 aliphatic rings. The Hall–Kier alpha value is -2.69. The van der Waals surface area contributed by atoms with Gasteiger partial charge in [0.1, 0.15) is 11.5 Å². The maximum atomic E-state index is 13.2. The normalized spacial score (nSPS) is 24.7. The van der Waals surface area contributed by atoms with Crippen LogP contribution in [0.15, 0.2) is 54.6 Å². The van der Waals surface area contributed by atoms with E-state index in [1.165, 1.54) is 18.2 Å². The third-order valence-corrected chi connectivity index (χ3v) is 4.80. The van der Waals surface area contributed by atoms with Gasteiger partial charge in [-0.15, -0.1) is 0 Å². The lowest BCUT2D eigenvalue weighted by atomic mass is 9.77. The second-order valence-corrected chi connectivity index (χ2v) is 6.03. The van der Waals surface area contributed by atoms with Gasteiger partial charge in [-0.3, -0.25) is 10.1 Å². The fourth-order valence-corrected chi connectivity index (χ4v) is 3.76. The molecule has 0 spiro atoms. The summed E-state index contributed by atoms with van der Waals surface area (Å²) in [6.07, 6.45) is 5.16. The molecule has 1 aliphatic heterocycles. The zero-order valence-corrected chi connectivity index (χ0v) is 12.3. The number of anilines is 1. The molecule has 1 N–H and O–H groups in total. The minimum atomic E-state index is -0.355. The van der Waals surface area contributed by atoms with E-state index in [9.17, 15) is 14.5 Å². The van der Waals surface area contributed by atoms with Crippen LogP contribution in [0.4, 0.5) is 15.8 Å². The Labute approximate surface area is 132 Å². The van der Waals surface area contributed by atoms with E-state index in [1.807, 2.05) is 6.07 Å². The Kier molecular flexibility index (Phi) is 3.15. The van der Waals surface area contributed by atoms with Crippen molar-refractivity contribution >= 4 is 11.4 Å². The maximum Gasteiger partial charge on any atom is 0.292 e. The Morgan fingerprint density at radius 3 is 2.70 bits per heavy atom. The van der Waals surface area contributed by atoms with Crippen molar-refractivity contribution in [2.75, 3.05) is 5.32 Å². The molecule has 2 aromatic carbocycles. The molecule has 5 heteroatoms. The fourth-order valence-electron chi connectivity index (χ4n) is 3.76. The smallest absolute Gasteiger partial charge is 0.292 e. The van der Waals surface area contributed by atoms with E-state index >= 15 is 0 Å². The number of rotatable bonds is 2. The first-order valence-electron chi connectivity index (χ1n) is 7.61. The number of nitro groups is 1. The standard InChI is InChI=1S/C18H15FN2O2/c19-12-9-7-11(8-10-12)17-14-4-1-3-13(14)15-5-2-6-16(21(22)23)18(15)20-17/h1-3,5-10,13-14,17,20H,4H2/t13-,14+,17-/m0/s1. The van der Waals surface area contributed by atoms with E-state index in [2.05, 4.69) is 17.5 Å². The lowest BCUT2D eigenvalue weighted by molar-refractivity contribution is -0.384. The van der Waals surface area contributed by atoms with Crippen LogP contribution >= 0.6 is 0 Å². The monoisotopic (exact) mass is 310 g/mol. The quantitative estimate of drug-likeness (QED) is 0.502. The number of benzene rings is 2. The van der Waals surface area contributed by atoms with E-state index < -0.39 is 0 Å². The molecule has 116 valence electrons. The molecule has 4 rings (SSSR count). The minimum Gasteiger partial charge on any atom is -0.372 e. The van der Waals surface area contributed by atoms with Crippen molar-refractivity contribution in [1.82, 2.24) is 0 Å². The van der Waals surface area contributed by atoms with Crippen molar-refractivity contribution in [2.24, 2.45) is 5.92 Å². The molecular formula is C18H15FN2O2. The van der Waals surface area contributed by atoms with Crippen LogP contribution in [0.2, 0.25) is 0 Å². The van der Waals surface area contributed by atoms with Gasteiger partial charge in [-0.2, -0.15) is 0 Å². The number of halogens is 1. The van der Waals surface area contributed by atoms with Crippen molar-refractivity contribution in [3.05, 3.63) is 81.7 Å². The molecule has 0 fully saturated rings. The Bertz CT molecular complexity index is 801. The molecule has 4 nitrogen and oxygen atoms in total. The number of nitro benzene ring substituents is 1. The predicted molar refractivity (Wildman–Crippen MR) is 85.8 cm³/mol. The molecule has 3 atom stereocenters. The Balaban J connectivity index is 1.83. The molecule has 2 aromatic rings. The van der Waals surface area contributed by atoms with Gasteiger partial charge in [0.05, 0.1) is 11.0 Å². The first-order valence-corrected chi connectivity index (χ1v) is 7.61. The first-order chi connectivity index (χ1) is 11.1. The van der Waals surface area contributed by atoms with Crippen LogP contribution in [0.5, 0.6) is 0 Å². The predicted octanol–water partition coefficient (Wildman–Crippen LogP) is 4.56. The van der Waals surface area contributed by atoms with E-state index in [0.29, 0.717) is 5.69 Å². The van der Waals surface area contributed by atoms with Gasteiger partial charge in [-0.25, -0.2) is 4.39 Å². The Morgan fingerprint density at radius 2 is 1.96 bits per heavy atom. The summed E-state index contributed by atoms with van der Waals surface area (Å²) in [4.78, 5) is 11.0. The van der Waals surface area contributed by atoms with Gasteiger partial charge in [0.25, 0.3) is 5.69 Å². The molecule has 0 bridgehead atoms. The van der Waals surface area contributed by atoms with Crippen molar-refractivity contribution in [2.45, 2.75) is 18.4 Å². The van der Waals surface area contributed by atoms with Crippen LogP contribution in [-0.2, 0) is 0 Å². The first kappa shape index (κ1) is 13.9. The number of nitrogens with zero attached hydrogens (tertiary/aromatic N) is 1. The van der Waals surface area contributed by atoms with Gasteiger partial charge in [-0.1, -0.05) is 36.4 Å². The number of fused-ring (bicyclic) bond motifs is 3. The number of allylic oxidation sites excluding steroid dienone is 2. The molecule has 0 saturated heterocycles. The summed E-state index contributed by atoms with van der Waals surface area (Å²) in [5.74, 6) is 0.160. The summed E-state index contributed by atoms with van der Waals surface area (Å²) in [5.41, 5.74) is 2.60. The molecular weight excluding hydrogens is 295 g/mol. The van der Waals surface area contributed by atoms with Crippen molar-refractivity contribution in [3.8, 4) is 0 Å². The van der Waals surface area contributed by atoms with Crippen LogP contribution in [0.1, 0.15) is 29.5 Å². The summed E-state index contributed by atoms with van der Waals surface area (Å²) >= 11 is 0. The number of hydrogen-bond donors (Lipinski definition) is 1. The fraction of sp³-hybridized carbons (Fsp3) is 0.222. The van der Waals surface area contributed by atoms with Crippen LogP contribution in [-0.4, -0.2) is 4.92 Å². The SMILES string of the molecule is O=[N+]([O-])c1cccc2c1N[C@@H](c1ccc(F)cc1)[C@@H]1CC=C[C@H]21. The van der Waals surface area contributed by atoms with Gasteiger partial charge < -0.3 is 5.32 Å². The number of para-hydroxylation sites is 1. The van der Waals surface area contributed by atoms with Gasteiger partial charge >= 0.3 is 0 Å². The van der Waals surface area contributed by atoms with E-state index in [0.717, 1.165) is 17.5 Å². The molecule has 0 amide bonds. The van der Waals surface area contributed by atoms with Crippen LogP contribution in [0.25, 0.3) is 0 Å². The lowest BCUT2D eigenvalue weighted by Crippen LogP contribution is -2.29. The molecule has 0 radical (unpaired) electrons. The molecule has 1 heterocycles. The van der Waals surface area contributed by atoms with E-state index in [4.69, 9.17) is 0 Å². The van der Waals surface area contributed by atoms with Crippen LogP contribution in [0, 0.1) is 21.8 Å². The van der Waals surface area contributed by atoms with E-state index in [-0.39, 0.29) is 34.3 Å². The zero-order chi connectivity index (χ0) is 16.0. The zero-order valence-electron chi connectivity index (χ0n) is 12.3. The summed E-state index contributed by atoms with van der Waals surface area (Å²) in [6.45, 7) is 0. The highest BCUT2D eigenvalue weighted by atomic mass is 19.1. The van der Waals surface area contributed by atoms with Crippen LogP contribution < -0.4 is 5.32 Å². The highest BCUT2D eigenvalue weighted by Crippen LogP contribution is 2.51. The maximum absolute atomic E-state index is 13.2. The van der Waals surface area contributed by atoms with Gasteiger partial charge in [0.15, 0.2) is 0 Å². The van der Waals surface area contributed by atoms with Gasteiger partial charge in [-0.05, 0) is 35.6 Å². The minimum absolute atomic E-state index is 0.0656. The summed E-state index contributed by atoms with van der Waals surface area (Å²) in [7, 11) is 0.